The lowest BCUT2D eigenvalue weighted by Crippen LogP contribution is -2.29. The molecule has 0 bridgehead atoms. The van der Waals surface area contributed by atoms with Gasteiger partial charge in [0.15, 0.2) is 0 Å². The lowest BCUT2D eigenvalue weighted by Gasteiger charge is -2.30. The van der Waals surface area contributed by atoms with Crippen LogP contribution in [0, 0.1) is 5.92 Å². The van der Waals surface area contributed by atoms with E-state index in [9.17, 15) is 0 Å². The summed E-state index contributed by atoms with van der Waals surface area (Å²) < 4.78 is 0. The van der Waals surface area contributed by atoms with Crippen molar-refractivity contribution in [3.05, 3.63) is 28.8 Å². The van der Waals surface area contributed by atoms with Crippen molar-refractivity contribution in [2.24, 2.45) is 11.7 Å². The molecule has 1 aromatic rings. The molecule has 0 heterocycles. The Balaban J connectivity index is 2.12. The van der Waals surface area contributed by atoms with Gasteiger partial charge in [0.05, 0.1) is 10.7 Å². The van der Waals surface area contributed by atoms with Crippen LogP contribution in [0.5, 0.6) is 0 Å². The van der Waals surface area contributed by atoms with Gasteiger partial charge < -0.3 is 10.6 Å². The third-order valence-corrected chi connectivity index (χ3v) is 5.02. The van der Waals surface area contributed by atoms with Gasteiger partial charge in [-0.25, -0.2) is 0 Å². The number of nitrogens with zero attached hydrogens (tertiary/aromatic N) is 1. The van der Waals surface area contributed by atoms with E-state index in [-0.39, 0.29) is 6.04 Å². The Morgan fingerprint density at radius 3 is 2.67 bits per heavy atom. The first kappa shape index (κ1) is 16.6. The molecule has 0 aromatic heterocycles. The molecule has 0 saturated heterocycles. The first-order chi connectivity index (χ1) is 10.1. The fourth-order valence-electron chi connectivity index (χ4n) is 3.43. The maximum atomic E-state index is 6.49. The molecule has 1 aliphatic carbocycles. The Labute approximate surface area is 134 Å². The van der Waals surface area contributed by atoms with Crippen molar-refractivity contribution in [2.45, 2.75) is 57.9 Å². The van der Waals surface area contributed by atoms with Gasteiger partial charge in [-0.2, -0.15) is 0 Å². The highest BCUT2D eigenvalue weighted by atomic mass is 35.5. The minimum Gasteiger partial charge on any atom is -0.373 e. The van der Waals surface area contributed by atoms with Crippen molar-refractivity contribution >= 4 is 17.3 Å². The zero-order valence-electron chi connectivity index (χ0n) is 13.4. The van der Waals surface area contributed by atoms with Crippen LogP contribution in [-0.4, -0.2) is 19.6 Å². The Kier molecular flexibility index (Phi) is 6.38. The summed E-state index contributed by atoms with van der Waals surface area (Å²) in [6, 6.07) is 6.42. The monoisotopic (exact) mass is 308 g/mol. The smallest absolute Gasteiger partial charge is 0.0642 e. The fourth-order valence-corrected chi connectivity index (χ4v) is 3.77. The van der Waals surface area contributed by atoms with Gasteiger partial charge >= 0.3 is 0 Å². The maximum absolute atomic E-state index is 6.49. The Morgan fingerprint density at radius 1 is 1.29 bits per heavy atom. The summed E-state index contributed by atoms with van der Waals surface area (Å²) >= 11 is 6.49. The number of para-hydroxylation sites is 1. The van der Waals surface area contributed by atoms with Crippen LogP contribution in [-0.2, 0) is 6.42 Å². The molecule has 118 valence electrons. The van der Waals surface area contributed by atoms with Crippen molar-refractivity contribution in [2.75, 3.05) is 18.5 Å². The molecule has 2 N–H and O–H groups in total. The van der Waals surface area contributed by atoms with Gasteiger partial charge in [0.1, 0.15) is 0 Å². The quantitative estimate of drug-likeness (QED) is 0.829. The molecule has 0 aliphatic heterocycles. The van der Waals surface area contributed by atoms with Gasteiger partial charge in [0, 0.05) is 19.6 Å². The molecule has 2 nitrogen and oxygen atoms in total. The van der Waals surface area contributed by atoms with Crippen molar-refractivity contribution in [1.82, 2.24) is 0 Å². The molecule has 1 saturated carbocycles. The van der Waals surface area contributed by atoms with E-state index in [1.807, 2.05) is 12.1 Å². The van der Waals surface area contributed by atoms with Gasteiger partial charge in [-0.1, -0.05) is 49.9 Å². The van der Waals surface area contributed by atoms with Gasteiger partial charge in [-0.15, -0.1) is 0 Å². The van der Waals surface area contributed by atoms with Crippen LogP contribution in [0.15, 0.2) is 18.2 Å². The van der Waals surface area contributed by atoms with Crippen LogP contribution in [0.1, 0.15) is 51.0 Å². The molecule has 1 unspecified atom stereocenters. The normalized spacial score (nSPS) is 17.7. The lowest BCUT2D eigenvalue weighted by atomic mass is 9.89. The van der Waals surface area contributed by atoms with Crippen LogP contribution < -0.4 is 10.6 Å². The van der Waals surface area contributed by atoms with Gasteiger partial charge in [0.2, 0.25) is 0 Å². The Hall–Kier alpha value is -0.730. The number of rotatable bonds is 6. The van der Waals surface area contributed by atoms with E-state index in [0.29, 0.717) is 0 Å². The minimum absolute atomic E-state index is 0.213. The molecule has 2 rings (SSSR count). The molecule has 1 atom stereocenters. The van der Waals surface area contributed by atoms with E-state index in [1.54, 1.807) is 0 Å². The third kappa shape index (κ3) is 4.62. The molecule has 0 spiro atoms. The molecule has 1 fully saturated rings. The first-order valence-corrected chi connectivity index (χ1v) is 8.73. The molecule has 1 aromatic carbocycles. The molecule has 21 heavy (non-hydrogen) atoms. The average Bonchev–Trinajstić information content (AvgIpc) is 2.48. The highest BCUT2D eigenvalue weighted by Crippen LogP contribution is 2.32. The molecule has 3 heteroatoms. The Bertz CT molecular complexity index is 441. The van der Waals surface area contributed by atoms with Crippen LogP contribution in [0.3, 0.4) is 0 Å². The maximum Gasteiger partial charge on any atom is 0.0642 e. The number of hydrogen-bond acceptors (Lipinski definition) is 2. The van der Waals surface area contributed by atoms with Gasteiger partial charge in [-0.05, 0) is 43.2 Å². The SMILES string of the molecule is CCC(N)Cc1cccc(Cl)c1N(C)CC1CCCCC1. The zero-order valence-corrected chi connectivity index (χ0v) is 14.2. The van der Waals surface area contributed by atoms with Crippen LogP contribution in [0.25, 0.3) is 0 Å². The van der Waals surface area contributed by atoms with Crippen LogP contribution in [0.4, 0.5) is 5.69 Å². The van der Waals surface area contributed by atoms with E-state index in [4.69, 9.17) is 17.3 Å². The highest BCUT2D eigenvalue weighted by Gasteiger charge is 2.19. The van der Waals surface area contributed by atoms with Gasteiger partial charge in [0.25, 0.3) is 0 Å². The van der Waals surface area contributed by atoms with E-state index in [2.05, 4.69) is 24.9 Å². The first-order valence-electron chi connectivity index (χ1n) is 8.36. The number of benzene rings is 1. The largest absolute Gasteiger partial charge is 0.373 e. The molecule has 1 aliphatic rings. The number of halogens is 1. The highest BCUT2D eigenvalue weighted by molar-refractivity contribution is 6.33. The summed E-state index contributed by atoms with van der Waals surface area (Å²) in [5.74, 6) is 0.813. The molecular formula is C18H29ClN2. The van der Waals surface area contributed by atoms with Crippen LogP contribution in [0.2, 0.25) is 5.02 Å². The van der Waals surface area contributed by atoms with Crippen molar-refractivity contribution in [3.8, 4) is 0 Å². The van der Waals surface area contributed by atoms with Crippen molar-refractivity contribution in [3.63, 3.8) is 0 Å². The van der Waals surface area contributed by atoms with Crippen molar-refractivity contribution in [1.29, 1.82) is 0 Å². The third-order valence-electron chi connectivity index (χ3n) is 4.72. The second-order valence-corrected chi connectivity index (χ2v) is 6.91. The summed E-state index contributed by atoms with van der Waals surface area (Å²) in [6.07, 6.45) is 8.79. The van der Waals surface area contributed by atoms with Crippen molar-refractivity contribution < 1.29 is 0 Å². The van der Waals surface area contributed by atoms with E-state index < -0.39 is 0 Å². The summed E-state index contributed by atoms with van der Waals surface area (Å²) in [4.78, 5) is 2.36. The van der Waals surface area contributed by atoms with E-state index in [1.165, 1.54) is 43.4 Å². The van der Waals surface area contributed by atoms with Crippen LogP contribution >= 0.6 is 11.6 Å². The second kappa shape index (κ2) is 8.05. The molecular weight excluding hydrogens is 280 g/mol. The average molecular weight is 309 g/mol. The summed E-state index contributed by atoms with van der Waals surface area (Å²) in [5, 5.41) is 0.856. The van der Waals surface area contributed by atoms with E-state index in [0.717, 1.165) is 30.3 Å². The van der Waals surface area contributed by atoms with Gasteiger partial charge in [-0.3, -0.25) is 0 Å². The predicted octanol–water partition coefficient (Wildman–Crippen LogP) is 4.64. The number of nitrogens with two attached hydrogens (primary N) is 1. The summed E-state index contributed by atoms with van der Waals surface area (Å²) in [7, 11) is 2.18. The number of hydrogen-bond donors (Lipinski definition) is 1. The second-order valence-electron chi connectivity index (χ2n) is 6.50. The lowest BCUT2D eigenvalue weighted by molar-refractivity contribution is 0.362. The molecule has 0 radical (unpaired) electrons. The predicted molar refractivity (Wildman–Crippen MR) is 93.3 cm³/mol. The zero-order chi connectivity index (χ0) is 15.2. The Morgan fingerprint density at radius 2 is 2.00 bits per heavy atom. The minimum atomic E-state index is 0.213. The summed E-state index contributed by atoms with van der Waals surface area (Å²) in [5.41, 5.74) is 8.62. The molecule has 0 amide bonds. The van der Waals surface area contributed by atoms with E-state index >= 15 is 0 Å². The fraction of sp³-hybridized carbons (Fsp3) is 0.667. The summed E-state index contributed by atoms with van der Waals surface area (Å²) in [6.45, 7) is 3.25. The number of anilines is 1. The standard InChI is InChI=1S/C18H29ClN2/c1-3-16(20)12-15-10-7-11-17(19)18(15)21(2)13-14-8-5-4-6-9-14/h7,10-11,14,16H,3-6,8-9,12-13,20H2,1-2H3. The topological polar surface area (TPSA) is 29.3 Å².